The van der Waals surface area contributed by atoms with Crippen molar-refractivity contribution in [3.05, 3.63) is 0 Å². The van der Waals surface area contributed by atoms with E-state index in [0.717, 1.165) is 0 Å². The lowest BCUT2D eigenvalue weighted by Crippen LogP contribution is -2.44. The molecule has 0 aliphatic rings. The van der Waals surface area contributed by atoms with E-state index in [2.05, 4.69) is 4.74 Å². The molecule has 0 spiro atoms. The maximum atomic E-state index is 12.0. The summed E-state index contributed by atoms with van der Waals surface area (Å²) in [6.45, 7) is 2.89. The molecule has 0 saturated heterocycles. The summed E-state index contributed by atoms with van der Waals surface area (Å²) in [5.74, 6) is 0. The minimum absolute atomic E-state index is 0.0887. The SMILES string of the molecule is C[Si](C)(Cl)CCCOC(C(F)(F)F)C(F)(F)F. The van der Waals surface area contributed by atoms with Gasteiger partial charge in [0.2, 0.25) is 6.10 Å². The average molecular weight is 303 g/mol. The Balaban J connectivity index is 4.22. The topological polar surface area (TPSA) is 9.23 Å². The third-order valence-electron chi connectivity index (χ3n) is 1.79. The predicted octanol–water partition coefficient (Wildman–Crippen LogP) is 4.33. The molecule has 0 saturated carbocycles. The molecular formula is C8H13ClF6OSi. The molecule has 17 heavy (non-hydrogen) atoms. The van der Waals surface area contributed by atoms with E-state index in [4.69, 9.17) is 11.1 Å². The van der Waals surface area contributed by atoms with E-state index in [9.17, 15) is 26.3 Å². The van der Waals surface area contributed by atoms with Gasteiger partial charge >= 0.3 is 12.4 Å². The van der Waals surface area contributed by atoms with E-state index in [1.54, 1.807) is 13.1 Å². The van der Waals surface area contributed by atoms with Gasteiger partial charge in [0.1, 0.15) is 0 Å². The molecule has 0 radical (unpaired) electrons. The van der Waals surface area contributed by atoms with Crippen LogP contribution in [0.4, 0.5) is 26.3 Å². The molecule has 1 nitrogen and oxygen atoms in total. The normalized spacial score (nSPS) is 14.5. The molecule has 0 unspecified atom stereocenters. The fraction of sp³-hybridized carbons (Fsp3) is 1.00. The highest BCUT2D eigenvalue weighted by molar-refractivity contribution is 7.19. The second kappa shape index (κ2) is 5.79. The van der Waals surface area contributed by atoms with E-state index >= 15 is 0 Å². The largest absolute Gasteiger partial charge is 0.423 e. The van der Waals surface area contributed by atoms with Crippen molar-refractivity contribution in [3.63, 3.8) is 0 Å². The van der Waals surface area contributed by atoms with Crippen molar-refractivity contribution in [1.29, 1.82) is 0 Å². The number of alkyl halides is 6. The molecule has 104 valence electrons. The molecule has 0 aromatic carbocycles. The summed E-state index contributed by atoms with van der Waals surface area (Å²) in [5, 5.41) is 0. The molecule has 0 aromatic rings. The van der Waals surface area contributed by atoms with Crippen molar-refractivity contribution in [3.8, 4) is 0 Å². The van der Waals surface area contributed by atoms with Gasteiger partial charge in [-0.1, -0.05) is 13.1 Å². The van der Waals surface area contributed by atoms with E-state index < -0.39 is 32.4 Å². The minimum Gasteiger partial charge on any atom is -0.361 e. The van der Waals surface area contributed by atoms with Crippen LogP contribution in [-0.2, 0) is 4.74 Å². The lowest BCUT2D eigenvalue weighted by atomic mass is 10.3. The molecule has 0 aromatic heterocycles. The maximum Gasteiger partial charge on any atom is 0.423 e. The highest BCUT2D eigenvalue weighted by Crippen LogP contribution is 2.35. The Labute approximate surface area is 101 Å². The summed E-state index contributed by atoms with van der Waals surface area (Å²) >= 11 is 5.87. The molecule has 0 bridgehead atoms. The highest BCUT2D eigenvalue weighted by Gasteiger charge is 2.57. The first-order valence-electron chi connectivity index (χ1n) is 4.78. The van der Waals surface area contributed by atoms with Crippen molar-refractivity contribution >= 4 is 18.5 Å². The van der Waals surface area contributed by atoms with Gasteiger partial charge in [0.25, 0.3) is 0 Å². The number of rotatable bonds is 5. The average Bonchev–Trinajstić information content (AvgIpc) is 1.95. The molecule has 0 N–H and O–H groups in total. The Morgan fingerprint density at radius 1 is 1.06 bits per heavy atom. The first-order chi connectivity index (χ1) is 7.34. The van der Waals surface area contributed by atoms with Crippen LogP contribution >= 0.6 is 11.1 Å². The van der Waals surface area contributed by atoms with Crippen LogP contribution in [0.15, 0.2) is 0 Å². The first-order valence-corrected chi connectivity index (χ1v) is 9.00. The lowest BCUT2D eigenvalue weighted by molar-refractivity contribution is -0.321. The third-order valence-corrected chi connectivity index (χ3v) is 3.90. The molecule has 0 rings (SSSR count). The van der Waals surface area contributed by atoms with E-state index in [1.807, 2.05) is 0 Å². The molecule has 0 aliphatic heterocycles. The van der Waals surface area contributed by atoms with Crippen LogP contribution in [0.2, 0.25) is 19.1 Å². The summed E-state index contributed by atoms with van der Waals surface area (Å²) in [7, 11) is -1.99. The number of ether oxygens (including phenoxy) is 1. The van der Waals surface area contributed by atoms with E-state index in [1.165, 1.54) is 0 Å². The number of hydrogen-bond acceptors (Lipinski definition) is 1. The zero-order chi connectivity index (χ0) is 13.9. The van der Waals surface area contributed by atoms with Crippen molar-refractivity contribution in [1.82, 2.24) is 0 Å². The fourth-order valence-corrected chi connectivity index (χ4v) is 2.45. The Morgan fingerprint density at radius 3 is 1.76 bits per heavy atom. The van der Waals surface area contributed by atoms with Crippen molar-refractivity contribution in [2.45, 2.75) is 44.0 Å². The van der Waals surface area contributed by atoms with Crippen LogP contribution in [0.25, 0.3) is 0 Å². The van der Waals surface area contributed by atoms with Gasteiger partial charge in [0.15, 0.2) is 7.38 Å². The van der Waals surface area contributed by atoms with Crippen molar-refractivity contribution in [2.24, 2.45) is 0 Å². The molecular weight excluding hydrogens is 290 g/mol. The molecule has 0 aliphatic carbocycles. The summed E-state index contributed by atoms with van der Waals surface area (Å²) in [6.07, 6.45) is -14.5. The molecule has 9 heteroatoms. The maximum absolute atomic E-state index is 12.0. The van der Waals surface area contributed by atoms with Gasteiger partial charge in [-0.2, -0.15) is 37.4 Å². The second-order valence-corrected chi connectivity index (χ2v) is 11.2. The Kier molecular flexibility index (Phi) is 5.81. The zero-order valence-corrected chi connectivity index (χ0v) is 11.0. The van der Waals surface area contributed by atoms with Gasteiger partial charge in [0.05, 0.1) is 0 Å². The molecule has 0 amide bonds. The van der Waals surface area contributed by atoms with Crippen LogP contribution in [0.3, 0.4) is 0 Å². The monoisotopic (exact) mass is 302 g/mol. The summed E-state index contributed by atoms with van der Waals surface area (Å²) in [6, 6.07) is 0.400. The van der Waals surface area contributed by atoms with Crippen LogP contribution in [0.1, 0.15) is 6.42 Å². The third kappa shape index (κ3) is 7.88. The van der Waals surface area contributed by atoms with Crippen LogP contribution < -0.4 is 0 Å². The van der Waals surface area contributed by atoms with Gasteiger partial charge in [-0.25, -0.2) is 0 Å². The van der Waals surface area contributed by atoms with Crippen LogP contribution in [-0.4, -0.2) is 32.4 Å². The van der Waals surface area contributed by atoms with Gasteiger partial charge in [-0.05, 0) is 12.5 Å². The Hall–Kier alpha value is 0.0469. The summed E-state index contributed by atoms with van der Waals surface area (Å²) in [4.78, 5) is 0. The van der Waals surface area contributed by atoms with Gasteiger partial charge in [-0.15, -0.1) is 0 Å². The Bertz CT molecular complexity index is 220. The molecule has 0 fully saturated rings. The Morgan fingerprint density at radius 2 is 1.47 bits per heavy atom. The quantitative estimate of drug-likeness (QED) is 0.318. The van der Waals surface area contributed by atoms with Gasteiger partial charge in [-0.3, -0.25) is 0 Å². The lowest BCUT2D eigenvalue weighted by Gasteiger charge is -2.23. The number of hydrogen-bond donors (Lipinski definition) is 0. The van der Waals surface area contributed by atoms with Crippen LogP contribution in [0, 0.1) is 0 Å². The summed E-state index contributed by atoms with van der Waals surface area (Å²) in [5.41, 5.74) is 0. The van der Waals surface area contributed by atoms with Crippen molar-refractivity contribution < 1.29 is 31.1 Å². The molecule has 0 heterocycles. The highest BCUT2D eigenvalue weighted by atomic mass is 35.6. The van der Waals surface area contributed by atoms with Gasteiger partial charge < -0.3 is 4.74 Å². The van der Waals surface area contributed by atoms with E-state index in [-0.39, 0.29) is 6.42 Å². The zero-order valence-electron chi connectivity index (χ0n) is 9.25. The van der Waals surface area contributed by atoms with Crippen LogP contribution in [0.5, 0.6) is 0 Å². The second-order valence-electron chi connectivity index (χ2n) is 4.16. The van der Waals surface area contributed by atoms with Gasteiger partial charge in [0, 0.05) is 6.61 Å². The number of halogens is 7. The van der Waals surface area contributed by atoms with Crippen molar-refractivity contribution in [2.75, 3.05) is 6.61 Å². The smallest absolute Gasteiger partial charge is 0.361 e. The minimum atomic E-state index is -5.44. The standard InChI is InChI=1S/C8H13ClF6OSi/c1-17(2,9)5-3-4-16-6(7(10,11)12)8(13,14)15/h6H,3-5H2,1-2H3. The van der Waals surface area contributed by atoms with E-state index in [0.29, 0.717) is 6.04 Å². The molecule has 0 atom stereocenters. The predicted molar refractivity (Wildman–Crippen MR) is 54.6 cm³/mol. The first kappa shape index (κ1) is 17.0. The summed E-state index contributed by atoms with van der Waals surface area (Å²) < 4.78 is 76.0. The fourth-order valence-electron chi connectivity index (χ4n) is 1.07.